The van der Waals surface area contributed by atoms with Crippen LogP contribution in [0, 0.1) is 0 Å². The van der Waals surface area contributed by atoms with E-state index in [9.17, 15) is 4.79 Å². The quantitative estimate of drug-likeness (QED) is 0.713. The minimum atomic E-state index is -0.143. The highest BCUT2D eigenvalue weighted by Gasteiger charge is 2.09. The summed E-state index contributed by atoms with van der Waals surface area (Å²) < 4.78 is 3.03. The topological polar surface area (TPSA) is 34.4 Å². The van der Waals surface area contributed by atoms with Crippen molar-refractivity contribution < 1.29 is 4.79 Å². The van der Waals surface area contributed by atoms with Crippen LogP contribution in [0.3, 0.4) is 0 Å². The summed E-state index contributed by atoms with van der Waals surface area (Å²) in [6.07, 6.45) is 0.312. The fraction of sp³-hybridized carbons (Fsp3) is 0.176. The van der Waals surface area contributed by atoms with Crippen molar-refractivity contribution in [3.8, 4) is 0 Å². The number of fused-ring (bicyclic) bond motifs is 1. The number of nitrogens with zero attached hydrogens (tertiary/aromatic N) is 2. The van der Waals surface area contributed by atoms with Crippen molar-refractivity contribution in [2.24, 2.45) is 4.99 Å². The van der Waals surface area contributed by atoms with E-state index in [1.165, 1.54) is 11.3 Å². The molecule has 3 nitrogen and oxygen atoms in total. The number of carbonyl (C=O) groups excluding carboxylic acids is 1. The fourth-order valence-electron chi connectivity index (χ4n) is 2.38. The van der Waals surface area contributed by atoms with E-state index in [0.29, 0.717) is 16.2 Å². The van der Waals surface area contributed by atoms with Gasteiger partial charge < -0.3 is 4.57 Å². The maximum absolute atomic E-state index is 12.2. The molecule has 0 spiro atoms. The van der Waals surface area contributed by atoms with Crippen LogP contribution in [-0.2, 0) is 17.8 Å². The van der Waals surface area contributed by atoms with E-state index in [4.69, 9.17) is 11.6 Å². The predicted molar refractivity (Wildman–Crippen MR) is 91.2 cm³/mol. The molecule has 0 radical (unpaired) electrons. The summed E-state index contributed by atoms with van der Waals surface area (Å²) in [7, 11) is 0. The Morgan fingerprint density at radius 3 is 2.68 bits per heavy atom. The van der Waals surface area contributed by atoms with Crippen LogP contribution < -0.4 is 4.80 Å². The molecule has 3 aromatic rings. The number of aryl methyl sites for hydroxylation is 1. The lowest BCUT2D eigenvalue weighted by atomic mass is 10.1. The minimum Gasteiger partial charge on any atom is -0.315 e. The van der Waals surface area contributed by atoms with Gasteiger partial charge in [-0.3, -0.25) is 4.79 Å². The van der Waals surface area contributed by atoms with E-state index < -0.39 is 0 Å². The zero-order chi connectivity index (χ0) is 15.5. The maximum Gasteiger partial charge on any atom is 0.252 e. The molecule has 1 heterocycles. The van der Waals surface area contributed by atoms with Gasteiger partial charge in [0.25, 0.3) is 5.91 Å². The van der Waals surface area contributed by atoms with E-state index >= 15 is 0 Å². The van der Waals surface area contributed by atoms with Gasteiger partial charge in [0.05, 0.1) is 21.7 Å². The number of amides is 1. The van der Waals surface area contributed by atoms with Gasteiger partial charge in [-0.25, -0.2) is 0 Å². The van der Waals surface area contributed by atoms with Crippen molar-refractivity contribution in [1.29, 1.82) is 0 Å². The Hall–Kier alpha value is -1.91. The average molecular weight is 331 g/mol. The molecule has 0 saturated carbocycles. The minimum absolute atomic E-state index is 0.143. The van der Waals surface area contributed by atoms with E-state index in [1.807, 2.05) is 60.0 Å². The summed E-state index contributed by atoms with van der Waals surface area (Å²) in [5, 5.41) is 0.688. The molecule has 0 atom stereocenters. The van der Waals surface area contributed by atoms with Gasteiger partial charge in [-0.05, 0) is 24.6 Å². The van der Waals surface area contributed by atoms with Gasteiger partial charge in [-0.2, -0.15) is 4.99 Å². The second-order valence-corrected chi connectivity index (χ2v) is 6.30. The third-order valence-electron chi connectivity index (χ3n) is 3.39. The first-order valence-corrected chi connectivity index (χ1v) is 8.28. The van der Waals surface area contributed by atoms with Crippen LogP contribution in [0.1, 0.15) is 12.5 Å². The van der Waals surface area contributed by atoms with E-state index in [2.05, 4.69) is 4.99 Å². The van der Waals surface area contributed by atoms with Crippen molar-refractivity contribution in [2.45, 2.75) is 19.9 Å². The summed E-state index contributed by atoms with van der Waals surface area (Å²) in [6, 6.07) is 15.4. The lowest BCUT2D eigenvalue weighted by molar-refractivity contribution is -0.117. The maximum atomic E-state index is 12.2. The Morgan fingerprint density at radius 1 is 1.18 bits per heavy atom. The van der Waals surface area contributed by atoms with Gasteiger partial charge in [0.15, 0.2) is 4.80 Å². The third kappa shape index (κ3) is 2.98. The molecule has 1 aromatic heterocycles. The number of aromatic nitrogens is 1. The monoisotopic (exact) mass is 330 g/mol. The van der Waals surface area contributed by atoms with Crippen LogP contribution in [-0.4, -0.2) is 10.5 Å². The van der Waals surface area contributed by atoms with Gasteiger partial charge in [0.2, 0.25) is 0 Å². The molecule has 0 aliphatic heterocycles. The van der Waals surface area contributed by atoms with Crippen molar-refractivity contribution in [3.63, 3.8) is 0 Å². The zero-order valence-corrected chi connectivity index (χ0v) is 13.7. The Kier molecular flexibility index (Phi) is 4.41. The van der Waals surface area contributed by atoms with Crippen LogP contribution in [0.15, 0.2) is 53.5 Å². The Balaban J connectivity index is 2.02. The molecule has 0 saturated heterocycles. The number of para-hydroxylation sites is 1. The van der Waals surface area contributed by atoms with Crippen LogP contribution in [0.5, 0.6) is 0 Å². The molecule has 0 fully saturated rings. The lowest BCUT2D eigenvalue weighted by Gasteiger charge is -2.01. The number of hydrogen-bond donors (Lipinski definition) is 0. The van der Waals surface area contributed by atoms with Crippen LogP contribution in [0.2, 0.25) is 5.02 Å². The molecule has 2 aromatic carbocycles. The first-order valence-electron chi connectivity index (χ1n) is 7.08. The van der Waals surface area contributed by atoms with Gasteiger partial charge in [0.1, 0.15) is 0 Å². The first kappa shape index (κ1) is 15.0. The molecule has 5 heteroatoms. The molecule has 112 valence electrons. The molecule has 0 aliphatic carbocycles. The summed E-state index contributed by atoms with van der Waals surface area (Å²) in [6.45, 7) is 2.75. The van der Waals surface area contributed by atoms with Gasteiger partial charge in [0, 0.05) is 6.54 Å². The molecule has 22 heavy (non-hydrogen) atoms. The van der Waals surface area contributed by atoms with Crippen LogP contribution in [0.25, 0.3) is 10.2 Å². The summed E-state index contributed by atoms with van der Waals surface area (Å²) in [4.78, 5) is 17.2. The number of hydrogen-bond acceptors (Lipinski definition) is 2. The normalized spacial score (nSPS) is 12.0. The molecule has 0 unspecified atom stereocenters. The number of rotatable bonds is 3. The summed E-state index contributed by atoms with van der Waals surface area (Å²) in [5.74, 6) is -0.143. The zero-order valence-electron chi connectivity index (χ0n) is 12.1. The van der Waals surface area contributed by atoms with Gasteiger partial charge in [-0.1, -0.05) is 59.3 Å². The number of carbonyl (C=O) groups is 1. The highest BCUT2D eigenvalue weighted by molar-refractivity contribution is 7.16. The molecular formula is C17H15ClN2OS. The molecule has 3 rings (SSSR count). The second kappa shape index (κ2) is 6.46. The van der Waals surface area contributed by atoms with Crippen LogP contribution in [0.4, 0.5) is 0 Å². The first-order chi connectivity index (χ1) is 10.7. The van der Waals surface area contributed by atoms with E-state index in [1.54, 1.807) is 0 Å². The lowest BCUT2D eigenvalue weighted by Crippen LogP contribution is -2.16. The Morgan fingerprint density at radius 2 is 1.95 bits per heavy atom. The Bertz CT molecular complexity index is 881. The highest BCUT2D eigenvalue weighted by atomic mass is 35.5. The summed E-state index contributed by atoms with van der Waals surface area (Å²) >= 11 is 7.77. The standard InChI is InChI=1S/C17H15ClN2OS/c1-2-20-16-13(18)9-6-10-14(16)22-17(20)19-15(21)11-12-7-4-3-5-8-12/h3-10H,2,11H2,1H3. The summed E-state index contributed by atoms with van der Waals surface area (Å²) in [5.41, 5.74) is 1.92. The molecule has 1 amide bonds. The number of thiazole rings is 1. The fourth-order valence-corrected chi connectivity index (χ4v) is 3.85. The van der Waals surface area contributed by atoms with Crippen molar-refractivity contribution >= 4 is 39.1 Å². The number of benzene rings is 2. The van der Waals surface area contributed by atoms with Crippen molar-refractivity contribution in [3.05, 3.63) is 63.9 Å². The van der Waals surface area contributed by atoms with E-state index in [-0.39, 0.29) is 5.91 Å². The van der Waals surface area contributed by atoms with E-state index in [0.717, 1.165) is 22.3 Å². The molecule has 0 aliphatic rings. The Labute approximate surface area is 137 Å². The average Bonchev–Trinajstić information content (AvgIpc) is 2.86. The second-order valence-electron chi connectivity index (χ2n) is 4.88. The molecular weight excluding hydrogens is 316 g/mol. The highest BCUT2D eigenvalue weighted by Crippen LogP contribution is 2.25. The third-order valence-corrected chi connectivity index (χ3v) is 4.74. The molecule has 0 N–H and O–H groups in total. The van der Waals surface area contributed by atoms with Crippen LogP contribution >= 0.6 is 22.9 Å². The van der Waals surface area contributed by atoms with Crippen molar-refractivity contribution in [1.82, 2.24) is 4.57 Å². The number of halogens is 1. The van der Waals surface area contributed by atoms with Crippen molar-refractivity contribution in [2.75, 3.05) is 0 Å². The SMILES string of the molecule is CCn1c(=NC(=O)Cc2ccccc2)sc2cccc(Cl)c21. The van der Waals surface area contributed by atoms with Gasteiger partial charge >= 0.3 is 0 Å². The predicted octanol–water partition coefficient (Wildman–Crippen LogP) is 4.05. The smallest absolute Gasteiger partial charge is 0.252 e. The largest absolute Gasteiger partial charge is 0.315 e. The molecule has 0 bridgehead atoms. The van der Waals surface area contributed by atoms with Gasteiger partial charge in [-0.15, -0.1) is 0 Å².